The smallest absolute Gasteiger partial charge is 0.234 e. The minimum atomic E-state index is -0.184. The number of hydrogen-bond acceptors (Lipinski definition) is 4. The summed E-state index contributed by atoms with van der Waals surface area (Å²) >= 11 is 19.7. The van der Waals surface area contributed by atoms with Crippen LogP contribution in [0.2, 0.25) is 15.1 Å². The first kappa shape index (κ1) is 20.0. The van der Waals surface area contributed by atoms with Crippen LogP contribution in [0.3, 0.4) is 0 Å². The largest absolute Gasteiger partial charge is 0.495 e. The Morgan fingerprint density at radius 1 is 1.04 bits per heavy atom. The lowest BCUT2D eigenvalue weighted by Crippen LogP contribution is -2.15. The van der Waals surface area contributed by atoms with Gasteiger partial charge in [0.05, 0.1) is 30.7 Å². The van der Waals surface area contributed by atoms with E-state index in [1.165, 1.54) is 26.0 Å². The van der Waals surface area contributed by atoms with Crippen LogP contribution in [0, 0.1) is 0 Å². The number of nitrogens with one attached hydrogen (secondary N) is 1. The number of benzene rings is 2. The Morgan fingerprint density at radius 2 is 1.68 bits per heavy atom. The van der Waals surface area contributed by atoms with Gasteiger partial charge < -0.3 is 14.8 Å². The van der Waals surface area contributed by atoms with Crippen molar-refractivity contribution in [2.75, 3.05) is 25.3 Å². The number of rotatable bonds is 7. The zero-order valence-electron chi connectivity index (χ0n) is 13.6. The van der Waals surface area contributed by atoms with Gasteiger partial charge in [0.2, 0.25) is 5.91 Å². The molecular weight excluding hydrogens is 405 g/mol. The molecule has 0 aliphatic heterocycles. The van der Waals surface area contributed by atoms with E-state index >= 15 is 0 Å². The molecule has 0 unspecified atom stereocenters. The van der Waals surface area contributed by atoms with Crippen molar-refractivity contribution in [1.82, 2.24) is 0 Å². The molecule has 1 N–H and O–H groups in total. The molecule has 4 nitrogen and oxygen atoms in total. The van der Waals surface area contributed by atoms with Crippen LogP contribution in [-0.4, -0.2) is 25.9 Å². The molecule has 2 rings (SSSR count). The van der Waals surface area contributed by atoms with Gasteiger partial charge in [-0.3, -0.25) is 4.79 Å². The first-order valence-corrected chi connectivity index (χ1v) is 9.47. The number of ether oxygens (including phenoxy) is 2. The average Bonchev–Trinajstić information content (AvgIpc) is 2.58. The fourth-order valence-electron chi connectivity index (χ4n) is 2.06. The summed E-state index contributed by atoms with van der Waals surface area (Å²) in [6, 6.07) is 8.54. The van der Waals surface area contributed by atoms with Crippen molar-refractivity contribution in [1.29, 1.82) is 0 Å². The van der Waals surface area contributed by atoms with Crippen molar-refractivity contribution in [3.63, 3.8) is 0 Å². The highest BCUT2D eigenvalue weighted by atomic mass is 35.5. The second-order valence-electron chi connectivity index (χ2n) is 4.93. The molecule has 0 saturated carbocycles. The Hall–Kier alpha value is -1.27. The zero-order chi connectivity index (χ0) is 18.4. The Kier molecular flexibility index (Phi) is 7.56. The molecule has 0 atom stereocenters. The van der Waals surface area contributed by atoms with Gasteiger partial charge in [0.1, 0.15) is 11.5 Å². The van der Waals surface area contributed by atoms with Gasteiger partial charge >= 0.3 is 0 Å². The monoisotopic (exact) mass is 419 g/mol. The third kappa shape index (κ3) is 5.35. The topological polar surface area (TPSA) is 47.6 Å². The Labute approximate surface area is 165 Å². The lowest BCUT2D eigenvalue weighted by atomic mass is 10.2. The molecule has 0 radical (unpaired) electrons. The highest BCUT2D eigenvalue weighted by Gasteiger charge is 2.13. The van der Waals surface area contributed by atoms with Crippen molar-refractivity contribution in [2.45, 2.75) is 5.75 Å². The highest BCUT2D eigenvalue weighted by Crippen LogP contribution is 2.36. The average molecular weight is 421 g/mol. The van der Waals surface area contributed by atoms with Crippen LogP contribution in [0.1, 0.15) is 5.56 Å². The number of halogens is 3. The molecule has 0 saturated heterocycles. The SMILES string of the molecule is COc1cc(NC(=O)CSCc2c(Cl)cccc2Cl)c(OC)cc1Cl. The summed E-state index contributed by atoms with van der Waals surface area (Å²) in [6.07, 6.45) is 0. The van der Waals surface area contributed by atoms with Crippen LogP contribution in [0.25, 0.3) is 0 Å². The van der Waals surface area contributed by atoms with E-state index in [0.717, 1.165) is 5.56 Å². The molecule has 1 amide bonds. The molecule has 134 valence electrons. The lowest BCUT2D eigenvalue weighted by molar-refractivity contribution is -0.113. The molecule has 8 heteroatoms. The molecule has 2 aromatic carbocycles. The number of methoxy groups -OCH3 is 2. The Morgan fingerprint density at radius 3 is 2.28 bits per heavy atom. The van der Waals surface area contributed by atoms with E-state index in [4.69, 9.17) is 44.3 Å². The number of anilines is 1. The maximum Gasteiger partial charge on any atom is 0.234 e. The van der Waals surface area contributed by atoms with E-state index in [-0.39, 0.29) is 11.7 Å². The van der Waals surface area contributed by atoms with Gasteiger partial charge in [0, 0.05) is 27.9 Å². The first-order chi connectivity index (χ1) is 12.0. The molecule has 0 heterocycles. The maximum atomic E-state index is 12.2. The fourth-order valence-corrected chi connectivity index (χ4v) is 3.86. The molecule has 0 spiro atoms. The third-order valence-electron chi connectivity index (χ3n) is 3.29. The van der Waals surface area contributed by atoms with Crippen molar-refractivity contribution in [3.8, 4) is 11.5 Å². The molecule has 0 fully saturated rings. The van der Waals surface area contributed by atoms with E-state index in [2.05, 4.69) is 5.32 Å². The molecule has 0 aliphatic carbocycles. The number of amides is 1. The minimum absolute atomic E-state index is 0.184. The quantitative estimate of drug-likeness (QED) is 0.639. The lowest BCUT2D eigenvalue weighted by Gasteiger charge is -2.13. The fraction of sp³-hybridized carbons (Fsp3) is 0.235. The van der Waals surface area contributed by atoms with E-state index < -0.39 is 0 Å². The second-order valence-corrected chi connectivity index (χ2v) is 7.14. The van der Waals surface area contributed by atoms with Gasteiger partial charge in [-0.15, -0.1) is 11.8 Å². The predicted octanol–water partition coefficient (Wildman–Crippen LogP) is 5.54. The highest BCUT2D eigenvalue weighted by molar-refractivity contribution is 7.99. The predicted molar refractivity (Wildman–Crippen MR) is 106 cm³/mol. The van der Waals surface area contributed by atoms with Gasteiger partial charge in [-0.2, -0.15) is 0 Å². The number of thioether (sulfide) groups is 1. The van der Waals surface area contributed by atoms with E-state index in [0.29, 0.717) is 38.0 Å². The second kappa shape index (κ2) is 9.43. The van der Waals surface area contributed by atoms with Crippen molar-refractivity contribution < 1.29 is 14.3 Å². The summed E-state index contributed by atoms with van der Waals surface area (Å²) in [4.78, 5) is 12.2. The minimum Gasteiger partial charge on any atom is -0.495 e. The number of carbonyl (C=O) groups is 1. The van der Waals surface area contributed by atoms with Gasteiger partial charge in [-0.25, -0.2) is 0 Å². The number of hydrogen-bond donors (Lipinski definition) is 1. The summed E-state index contributed by atoms with van der Waals surface area (Å²) in [5, 5.41) is 4.37. The Bertz CT molecular complexity index is 751. The molecule has 25 heavy (non-hydrogen) atoms. The summed E-state index contributed by atoms with van der Waals surface area (Å²) < 4.78 is 10.4. The van der Waals surface area contributed by atoms with E-state index in [9.17, 15) is 4.79 Å². The molecule has 2 aromatic rings. The van der Waals surface area contributed by atoms with Crippen molar-refractivity contribution in [3.05, 3.63) is 51.0 Å². The summed E-state index contributed by atoms with van der Waals surface area (Å²) in [5.74, 6) is 1.49. The van der Waals surface area contributed by atoms with Crippen LogP contribution in [0.5, 0.6) is 11.5 Å². The standard InChI is InChI=1S/C17H16Cl3NO3S/c1-23-15-7-14(16(24-2)6-13(15)20)21-17(22)9-25-8-10-11(18)4-3-5-12(10)19/h3-7H,8-9H2,1-2H3,(H,21,22). The third-order valence-corrected chi connectivity index (χ3v) is 5.25. The van der Waals surface area contributed by atoms with Gasteiger partial charge in [-0.1, -0.05) is 40.9 Å². The first-order valence-electron chi connectivity index (χ1n) is 7.18. The van der Waals surface area contributed by atoms with Crippen LogP contribution < -0.4 is 14.8 Å². The van der Waals surface area contributed by atoms with Gasteiger partial charge in [0.25, 0.3) is 0 Å². The van der Waals surface area contributed by atoms with Crippen LogP contribution in [-0.2, 0) is 10.5 Å². The Balaban J connectivity index is 1.99. The van der Waals surface area contributed by atoms with Gasteiger partial charge in [-0.05, 0) is 17.7 Å². The van der Waals surface area contributed by atoms with Gasteiger partial charge in [0.15, 0.2) is 0 Å². The van der Waals surface area contributed by atoms with Crippen LogP contribution in [0.4, 0.5) is 5.69 Å². The van der Waals surface area contributed by atoms with Crippen molar-refractivity contribution >= 4 is 58.2 Å². The zero-order valence-corrected chi connectivity index (χ0v) is 16.7. The summed E-state index contributed by atoms with van der Waals surface area (Å²) in [5.41, 5.74) is 1.31. The summed E-state index contributed by atoms with van der Waals surface area (Å²) in [6.45, 7) is 0. The van der Waals surface area contributed by atoms with Crippen LogP contribution >= 0.6 is 46.6 Å². The van der Waals surface area contributed by atoms with E-state index in [1.54, 1.807) is 30.3 Å². The molecule has 0 bridgehead atoms. The molecular formula is C17H16Cl3NO3S. The van der Waals surface area contributed by atoms with E-state index in [1.807, 2.05) is 0 Å². The van der Waals surface area contributed by atoms with Crippen molar-refractivity contribution in [2.24, 2.45) is 0 Å². The normalized spacial score (nSPS) is 10.4. The maximum absolute atomic E-state index is 12.2. The number of carbonyl (C=O) groups excluding carboxylic acids is 1. The van der Waals surface area contributed by atoms with Crippen LogP contribution in [0.15, 0.2) is 30.3 Å². The summed E-state index contributed by atoms with van der Waals surface area (Å²) in [7, 11) is 3.00. The molecule has 0 aliphatic rings. The molecule has 0 aromatic heterocycles.